The molecule has 0 aliphatic carbocycles. The number of hydrogen-bond donors (Lipinski definition) is 0. The van der Waals surface area contributed by atoms with Gasteiger partial charge in [-0.1, -0.05) is 127 Å². The summed E-state index contributed by atoms with van der Waals surface area (Å²) >= 11 is 6.86. The lowest BCUT2D eigenvalue weighted by atomic mass is 9.89. The number of rotatable bonds is 17. The molecule has 0 bridgehead atoms. The van der Waals surface area contributed by atoms with E-state index < -0.39 is 30.5 Å². The second-order valence-electron chi connectivity index (χ2n) is 13.6. The molecule has 5 aromatic rings. The first-order valence-corrected chi connectivity index (χ1v) is 18.8. The minimum absolute atomic E-state index is 0.0299. The maximum Gasteiger partial charge on any atom is 0.293 e. The van der Waals surface area contributed by atoms with Crippen LogP contribution in [-0.4, -0.2) is 56.8 Å². The van der Waals surface area contributed by atoms with Crippen molar-refractivity contribution >= 4 is 18.1 Å². The van der Waals surface area contributed by atoms with Gasteiger partial charge in [0.2, 0.25) is 0 Å². The molecule has 9 heteroatoms. The highest BCUT2D eigenvalue weighted by Crippen LogP contribution is 2.40. The average molecular weight is 749 g/mol. The van der Waals surface area contributed by atoms with E-state index in [4.69, 9.17) is 44.8 Å². The zero-order valence-corrected chi connectivity index (χ0v) is 30.8. The predicted molar refractivity (Wildman–Crippen MR) is 205 cm³/mol. The Kier molecular flexibility index (Phi) is 13.4. The van der Waals surface area contributed by atoms with Crippen molar-refractivity contribution in [3.8, 4) is 5.75 Å². The van der Waals surface area contributed by atoms with E-state index in [1.54, 1.807) is 0 Å². The van der Waals surface area contributed by atoms with Crippen molar-refractivity contribution in [1.29, 1.82) is 0 Å². The Morgan fingerprint density at radius 2 is 1.26 bits per heavy atom. The fourth-order valence-electron chi connectivity index (χ4n) is 6.94. The number of hydrogen-bond acceptors (Lipinski definition) is 8. The third-order valence-electron chi connectivity index (χ3n) is 9.73. The summed E-state index contributed by atoms with van der Waals surface area (Å²) in [7, 11) is 0. The van der Waals surface area contributed by atoms with Gasteiger partial charge in [0.25, 0.3) is 6.47 Å². The molecule has 54 heavy (non-hydrogen) atoms. The topological polar surface area (TPSA) is 81.7 Å². The van der Waals surface area contributed by atoms with Crippen molar-refractivity contribution in [1.82, 2.24) is 0 Å². The molecular formula is C45H45ClO8. The standard InChI is InChI=1S/C45H45ClO8/c46-40-21-18-36(25-37(40)24-32-16-19-38(20-17-32)53-39-22-23-48-29-39)42-44(51-27-34-12-6-2-7-13-34)45(52-28-35-14-8-3-9-15-35)43(41(54-42)30-49-31-47)50-26-33-10-4-1-5-11-33/h1-21,25,31,39,41-45H,22-24,26-30H2/t39-,41-,42+,43-,44+,45+/m1/s1. The van der Waals surface area contributed by atoms with Crippen molar-refractivity contribution in [2.24, 2.45) is 0 Å². The predicted octanol–water partition coefficient (Wildman–Crippen LogP) is 8.47. The van der Waals surface area contributed by atoms with Gasteiger partial charge >= 0.3 is 0 Å². The molecule has 2 saturated heterocycles. The number of carbonyl (C=O) groups excluding carboxylic acids is 1. The van der Waals surface area contributed by atoms with E-state index in [0.29, 0.717) is 44.3 Å². The Bertz CT molecular complexity index is 1870. The van der Waals surface area contributed by atoms with Crippen molar-refractivity contribution in [2.75, 3.05) is 19.8 Å². The van der Waals surface area contributed by atoms with Crippen LogP contribution in [0.2, 0.25) is 5.02 Å². The average Bonchev–Trinajstić information content (AvgIpc) is 3.73. The SMILES string of the molecule is O=COC[C@H]1O[C@@H](c2ccc(Cl)c(Cc3ccc(O[C@@H]4CCOC4)cc3)c2)[C@H](OCc2ccccc2)[C@@H](OCc2ccccc2)[C@@H]1OCc1ccccc1. The Morgan fingerprint density at radius 1 is 0.667 bits per heavy atom. The minimum atomic E-state index is -0.668. The first-order chi connectivity index (χ1) is 26.6. The highest BCUT2D eigenvalue weighted by Gasteiger charge is 2.49. The van der Waals surface area contributed by atoms with Gasteiger partial charge in [0.05, 0.1) is 33.0 Å². The summed E-state index contributed by atoms with van der Waals surface area (Å²) in [6.45, 7) is 2.68. The molecule has 5 aromatic carbocycles. The molecule has 2 aliphatic rings. The fourth-order valence-corrected chi connectivity index (χ4v) is 7.12. The van der Waals surface area contributed by atoms with Crippen LogP contribution in [0.15, 0.2) is 133 Å². The zero-order valence-electron chi connectivity index (χ0n) is 30.0. The number of carbonyl (C=O) groups is 1. The molecular weight excluding hydrogens is 704 g/mol. The van der Waals surface area contributed by atoms with Gasteiger partial charge in [-0.25, -0.2) is 0 Å². The van der Waals surface area contributed by atoms with Gasteiger partial charge in [0.1, 0.15) is 49.0 Å². The maximum atomic E-state index is 11.6. The Hall–Kier alpha value is -4.54. The highest BCUT2D eigenvalue weighted by atomic mass is 35.5. The molecule has 280 valence electrons. The molecule has 0 aromatic heterocycles. The lowest BCUT2D eigenvalue weighted by Gasteiger charge is -2.46. The van der Waals surface area contributed by atoms with Crippen molar-refractivity contribution in [3.05, 3.63) is 172 Å². The van der Waals surface area contributed by atoms with Gasteiger partial charge in [-0.3, -0.25) is 4.79 Å². The van der Waals surface area contributed by atoms with E-state index in [-0.39, 0.29) is 12.7 Å². The molecule has 0 N–H and O–H groups in total. The van der Waals surface area contributed by atoms with Gasteiger partial charge in [0.15, 0.2) is 0 Å². The lowest BCUT2D eigenvalue weighted by Crippen LogP contribution is -2.58. The molecule has 0 amide bonds. The summed E-state index contributed by atoms with van der Waals surface area (Å²) in [4.78, 5) is 11.6. The maximum absolute atomic E-state index is 11.6. The Balaban J connectivity index is 1.21. The van der Waals surface area contributed by atoms with Crippen molar-refractivity contribution in [3.63, 3.8) is 0 Å². The Labute approximate surface area is 321 Å². The first kappa shape index (κ1) is 37.8. The number of benzene rings is 5. The molecule has 0 saturated carbocycles. The summed E-state index contributed by atoms with van der Waals surface area (Å²) in [5, 5.41) is 0.640. The van der Waals surface area contributed by atoms with Crippen LogP contribution in [0, 0.1) is 0 Å². The van der Waals surface area contributed by atoms with Crippen LogP contribution in [0.25, 0.3) is 0 Å². The third kappa shape index (κ3) is 10.2. The van der Waals surface area contributed by atoms with E-state index in [2.05, 4.69) is 18.2 Å². The van der Waals surface area contributed by atoms with Crippen LogP contribution in [-0.2, 0) is 59.5 Å². The minimum Gasteiger partial charge on any atom is -0.488 e. The van der Waals surface area contributed by atoms with Crippen LogP contribution >= 0.6 is 11.6 Å². The largest absolute Gasteiger partial charge is 0.488 e. The second-order valence-corrected chi connectivity index (χ2v) is 14.0. The Morgan fingerprint density at radius 3 is 1.83 bits per heavy atom. The molecule has 7 rings (SSSR count). The quantitative estimate of drug-likeness (QED) is 0.0877. The van der Waals surface area contributed by atoms with E-state index in [1.165, 1.54) is 0 Å². The van der Waals surface area contributed by atoms with Gasteiger partial charge in [-0.2, -0.15) is 0 Å². The molecule has 2 aliphatic heterocycles. The van der Waals surface area contributed by atoms with Crippen LogP contribution in [0.1, 0.15) is 45.9 Å². The van der Waals surface area contributed by atoms with Crippen LogP contribution in [0.4, 0.5) is 0 Å². The number of halogens is 1. The fraction of sp³-hybridized carbons (Fsp3) is 0.311. The summed E-state index contributed by atoms with van der Waals surface area (Å²) in [6, 6.07) is 44.0. The highest BCUT2D eigenvalue weighted by molar-refractivity contribution is 6.31. The van der Waals surface area contributed by atoms with Crippen LogP contribution < -0.4 is 4.74 Å². The van der Waals surface area contributed by atoms with Gasteiger partial charge in [-0.05, 0) is 58.0 Å². The summed E-state index contributed by atoms with van der Waals surface area (Å²) < 4.78 is 44.1. The molecule has 0 radical (unpaired) electrons. The number of ether oxygens (including phenoxy) is 7. The molecule has 0 unspecified atom stereocenters. The zero-order chi connectivity index (χ0) is 37.0. The second kappa shape index (κ2) is 19.2. The van der Waals surface area contributed by atoms with E-state index in [9.17, 15) is 4.79 Å². The molecule has 8 nitrogen and oxygen atoms in total. The molecule has 2 heterocycles. The third-order valence-corrected chi connectivity index (χ3v) is 10.1. The molecule has 2 fully saturated rings. The van der Waals surface area contributed by atoms with Crippen molar-refractivity contribution in [2.45, 2.75) is 69.3 Å². The van der Waals surface area contributed by atoms with Gasteiger partial charge in [-0.15, -0.1) is 0 Å². The molecule has 0 spiro atoms. The van der Waals surface area contributed by atoms with E-state index in [0.717, 1.165) is 52.2 Å². The first-order valence-electron chi connectivity index (χ1n) is 18.4. The summed E-state index contributed by atoms with van der Waals surface area (Å²) in [6.07, 6.45) is -1.60. The molecule has 6 atom stereocenters. The monoisotopic (exact) mass is 748 g/mol. The normalized spacial score (nSPS) is 22.5. The summed E-state index contributed by atoms with van der Waals surface area (Å²) in [5.74, 6) is 0.817. The van der Waals surface area contributed by atoms with Crippen LogP contribution in [0.5, 0.6) is 5.75 Å². The van der Waals surface area contributed by atoms with Crippen molar-refractivity contribution < 1.29 is 38.0 Å². The summed E-state index contributed by atoms with van der Waals surface area (Å²) in [5.41, 5.74) is 5.89. The smallest absolute Gasteiger partial charge is 0.293 e. The lowest BCUT2D eigenvalue weighted by molar-refractivity contribution is -0.273. The van der Waals surface area contributed by atoms with Gasteiger partial charge < -0.3 is 33.2 Å². The van der Waals surface area contributed by atoms with Crippen LogP contribution in [0.3, 0.4) is 0 Å². The van der Waals surface area contributed by atoms with E-state index >= 15 is 0 Å². The van der Waals surface area contributed by atoms with E-state index in [1.807, 2.05) is 115 Å². The van der Waals surface area contributed by atoms with Gasteiger partial charge in [0, 0.05) is 11.4 Å².